The lowest BCUT2D eigenvalue weighted by molar-refractivity contribution is 0.241. The molecule has 0 spiro atoms. The van der Waals surface area contributed by atoms with Crippen molar-refractivity contribution in [3.05, 3.63) is 40.9 Å². The van der Waals surface area contributed by atoms with E-state index >= 15 is 0 Å². The van der Waals surface area contributed by atoms with E-state index in [0.29, 0.717) is 28.2 Å². The van der Waals surface area contributed by atoms with Gasteiger partial charge in [0.2, 0.25) is 0 Å². The van der Waals surface area contributed by atoms with Crippen LogP contribution < -0.4 is 9.47 Å². The topological polar surface area (TPSA) is 36.3 Å². The van der Waals surface area contributed by atoms with E-state index in [-0.39, 0.29) is 6.10 Å². The average molecular weight is 371 g/mol. The molecular formula is C18H24Cl2N2O2. The molecule has 24 heavy (non-hydrogen) atoms. The number of aromatic nitrogens is 2. The molecule has 2 aromatic rings. The van der Waals surface area contributed by atoms with Crippen molar-refractivity contribution in [3.63, 3.8) is 0 Å². The zero-order chi connectivity index (χ0) is 17.4. The summed E-state index contributed by atoms with van der Waals surface area (Å²) in [6.45, 7) is 5.53. The minimum Gasteiger partial charge on any atom is -0.491 e. The molecule has 0 N–H and O–H groups in total. The second-order valence-electron chi connectivity index (χ2n) is 5.95. The van der Waals surface area contributed by atoms with Crippen LogP contribution in [0.2, 0.25) is 10.0 Å². The van der Waals surface area contributed by atoms with Gasteiger partial charge in [-0.2, -0.15) is 0 Å². The van der Waals surface area contributed by atoms with Gasteiger partial charge in [0.1, 0.15) is 5.75 Å². The van der Waals surface area contributed by atoms with Crippen LogP contribution in [0, 0.1) is 0 Å². The molecule has 0 radical (unpaired) electrons. The Morgan fingerprint density at radius 2 is 1.79 bits per heavy atom. The minimum atomic E-state index is 0.0752. The lowest BCUT2D eigenvalue weighted by atomic mass is 10.2. The number of rotatable bonds is 10. The molecule has 0 aliphatic carbocycles. The molecule has 1 heterocycles. The van der Waals surface area contributed by atoms with Crippen molar-refractivity contribution >= 4 is 23.2 Å². The maximum Gasteiger partial charge on any atom is 0.156 e. The standard InChI is InChI=1S/C18H24Cl2N2O2/c1-14(2)24-15-11-16(19)18(17(20)12-15)23-10-6-4-3-5-8-22-9-7-21-13-22/h7,9,11-14H,3-6,8,10H2,1-2H3. The number of unbranched alkanes of at least 4 members (excludes halogenated alkanes) is 3. The van der Waals surface area contributed by atoms with E-state index < -0.39 is 0 Å². The largest absolute Gasteiger partial charge is 0.491 e. The predicted octanol–water partition coefficient (Wildman–Crippen LogP) is 5.62. The first-order chi connectivity index (χ1) is 11.6. The van der Waals surface area contributed by atoms with Gasteiger partial charge in [-0.1, -0.05) is 36.0 Å². The highest BCUT2D eigenvalue weighted by Gasteiger charge is 2.11. The second-order valence-corrected chi connectivity index (χ2v) is 6.76. The fraction of sp³-hybridized carbons (Fsp3) is 0.500. The van der Waals surface area contributed by atoms with Gasteiger partial charge < -0.3 is 14.0 Å². The number of benzene rings is 1. The van der Waals surface area contributed by atoms with E-state index in [1.165, 1.54) is 0 Å². The predicted molar refractivity (Wildman–Crippen MR) is 98.4 cm³/mol. The maximum absolute atomic E-state index is 6.24. The summed E-state index contributed by atoms with van der Waals surface area (Å²) >= 11 is 12.5. The van der Waals surface area contributed by atoms with Gasteiger partial charge in [0.05, 0.1) is 29.1 Å². The second kappa shape index (κ2) is 9.80. The molecule has 0 amide bonds. The number of aryl methyl sites for hydroxylation is 1. The van der Waals surface area contributed by atoms with Crippen LogP contribution in [0.1, 0.15) is 39.5 Å². The molecule has 4 nitrogen and oxygen atoms in total. The first-order valence-corrected chi connectivity index (χ1v) is 9.06. The summed E-state index contributed by atoms with van der Waals surface area (Å²) < 4.78 is 13.4. The summed E-state index contributed by atoms with van der Waals surface area (Å²) in [7, 11) is 0. The molecule has 6 heteroatoms. The van der Waals surface area contributed by atoms with Gasteiger partial charge >= 0.3 is 0 Å². The van der Waals surface area contributed by atoms with Gasteiger partial charge in [0.25, 0.3) is 0 Å². The quantitative estimate of drug-likeness (QED) is 0.509. The summed E-state index contributed by atoms with van der Waals surface area (Å²) in [4.78, 5) is 4.03. The van der Waals surface area contributed by atoms with E-state index in [1.807, 2.05) is 26.4 Å². The summed E-state index contributed by atoms with van der Waals surface area (Å²) in [5.41, 5.74) is 0. The fourth-order valence-corrected chi connectivity index (χ4v) is 2.93. The molecular weight excluding hydrogens is 347 g/mol. The minimum absolute atomic E-state index is 0.0752. The van der Waals surface area contributed by atoms with Crippen LogP contribution in [0.4, 0.5) is 0 Å². The van der Waals surface area contributed by atoms with E-state index in [0.717, 1.165) is 32.2 Å². The van der Waals surface area contributed by atoms with Crippen LogP contribution in [0.25, 0.3) is 0 Å². The van der Waals surface area contributed by atoms with Crippen LogP contribution in [0.15, 0.2) is 30.9 Å². The molecule has 0 unspecified atom stereocenters. The highest BCUT2D eigenvalue weighted by molar-refractivity contribution is 6.37. The molecule has 2 rings (SSSR count). The first kappa shape index (κ1) is 18.9. The molecule has 0 atom stereocenters. The van der Waals surface area contributed by atoms with Crippen molar-refractivity contribution in [2.75, 3.05) is 6.61 Å². The van der Waals surface area contributed by atoms with Gasteiger partial charge in [-0.15, -0.1) is 0 Å². The fourth-order valence-electron chi connectivity index (χ4n) is 2.36. The van der Waals surface area contributed by atoms with Crippen LogP contribution in [0.5, 0.6) is 11.5 Å². The summed E-state index contributed by atoms with van der Waals surface area (Å²) in [5.74, 6) is 1.19. The van der Waals surface area contributed by atoms with Gasteiger partial charge in [0, 0.05) is 31.1 Å². The van der Waals surface area contributed by atoms with Gasteiger partial charge in [-0.05, 0) is 26.7 Å². The Morgan fingerprint density at radius 3 is 2.42 bits per heavy atom. The lowest BCUT2D eigenvalue weighted by Crippen LogP contribution is -2.06. The third-order valence-corrected chi connectivity index (χ3v) is 4.02. The van der Waals surface area contributed by atoms with Crippen LogP contribution in [0.3, 0.4) is 0 Å². The average Bonchev–Trinajstić information content (AvgIpc) is 3.01. The Hall–Kier alpha value is -1.39. The summed E-state index contributed by atoms with van der Waals surface area (Å²) in [6.07, 6.45) is 10.1. The van der Waals surface area contributed by atoms with Crippen LogP contribution in [-0.4, -0.2) is 22.3 Å². The molecule has 0 saturated carbocycles. The monoisotopic (exact) mass is 370 g/mol. The summed E-state index contributed by atoms with van der Waals surface area (Å²) in [5, 5.41) is 0.969. The van der Waals surface area contributed by atoms with Gasteiger partial charge in [-0.3, -0.25) is 0 Å². The Bertz CT molecular complexity index is 592. The molecule has 0 aliphatic rings. The first-order valence-electron chi connectivity index (χ1n) is 8.30. The SMILES string of the molecule is CC(C)Oc1cc(Cl)c(OCCCCCCn2ccnc2)c(Cl)c1. The van der Waals surface area contributed by atoms with Gasteiger partial charge in [0.15, 0.2) is 5.75 Å². The smallest absolute Gasteiger partial charge is 0.156 e. The number of hydrogen-bond acceptors (Lipinski definition) is 3. The van der Waals surface area contributed by atoms with E-state index in [1.54, 1.807) is 18.3 Å². The Morgan fingerprint density at radius 1 is 1.08 bits per heavy atom. The number of halogens is 2. The molecule has 0 fully saturated rings. The molecule has 132 valence electrons. The number of hydrogen-bond donors (Lipinski definition) is 0. The molecule has 0 aliphatic heterocycles. The van der Waals surface area contributed by atoms with Crippen molar-refractivity contribution in [2.24, 2.45) is 0 Å². The van der Waals surface area contributed by atoms with Crippen LogP contribution in [-0.2, 0) is 6.54 Å². The van der Waals surface area contributed by atoms with Crippen molar-refractivity contribution < 1.29 is 9.47 Å². The third kappa shape index (κ3) is 6.25. The normalized spacial score (nSPS) is 11.0. The number of ether oxygens (including phenoxy) is 2. The highest BCUT2D eigenvalue weighted by atomic mass is 35.5. The Labute approximate surface area is 153 Å². The van der Waals surface area contributed by atoms with E-state index in [2.05, 4.69) is 9.55 Å². The third-order valence-electron chi connectivity index (χ3n) is 3.46. The van der Waals surface area contributed by atoms with Crippen molar-refractivity contribution in [1.29, 1.82) is 0 Å². The maximum atomic E-state index is 6.24. The number of imidazole rings is 1. The Balaban J connectivity index is 1.68. The van der Waals surface area contributed by atoms with Crippen molar-refractivity contribution in [3.8, 4) is 11.5 Å². The molecule has 0 bridgehead atoms. The van der Waals surface area contributed by atoms with E-state index in [4.69, 9.17) is 32.7 Å². The molecule has 1 aromatic carbocycles. The number of nitrogens with zero attached hydrogens (tertiary/aromatic N) is 2. The Kier molecular flexibility index (Phi) is 7.73. The molecule has 0 saturated heterocycles. The van der Waals surface area contributed by atoms with Crippen LogP contribution >= 0.6 is 23.2 Å². The lowest BCUT2D eigenvalue weighted by Gasteiger charge is -2.14. The zero-order valence-electron chi connectivity index (χ0n) is 14.2. The highest BCUT2D eigenvalue weighted by Crippen LogP contribution is 2.37. The van der Waals surface area contributed by atoms with Crippen molar-refractivity contribution in [1.82, 2.24) is 9.55 Å². The zero-order valence-corrected chi connectivity index (χ0v) is 15.7. The molecule has 1 aromatic heterocycles. The summed E-state index contributed by atoms with van der Waals surface area (Å²) in [6, 6.07) is 3.49. The van der Waals surface area contributed by atoms with Crippen molar-refractivity contribution in [2.45, 2.75) is 52.2 Å². The van der Waals surface area contributed by atoms with E-state index in [9.17, 15) is 0 Å². The van der Waals surface area contributed by atoms with Gasteiger partial charge in [-0.25, -0.2) is 4.98 Å².